The highest BCUT2D eigenvalue weighted by Gasteiger charge is 2.36. The summed E-state index contributed by atoms with van der Waals surface area (Å²) >= 11 is 0. The smallest absolute Gasteiger partial charge is 0.321 e. The van der Waals surface area contributed by atoms with Gasteiger partial charge in [0.05, 0.1) is 0 Å². The standard InChI is InChI=1S/C14H25NO2/c1-11-6-5-7-12(10-11)13(14(16)17)15-8-3-2-4-9-15/h11-13H,2-10H2,1H3,(H,16,17). The average molecular weight is 239 g/mol. The second-order valence-corrected chi connectivity index (χ2v) is 5.91. The van der Waals surface area contributed by atoms with E-state index in [1.165, 1.54) is 32.1 Å². The highest BCUT2D eigenvalue weighted by Crippen LogP contribution is 2.33. The first-order valence-corrected chi connectivity index (χ1v) is 7.15. The summed E-state index contributed by atoms with van der Waals surface area (Å²) in [5.41, 5.74) is 0. The van der Waals surface area contributed by atoms with Crippen molar-refractivity contribution in [3.63, 3.8) is 0 Å². The Hall–Kier alpha value is -0.570. The monoisotopic (exact) mass is 239 g/mol. The molecule has 1 saturated heterocycles. The van der Waals surface area contributed by atoms with Gasteiger partial charge in [0.1, 0.15) is 6.04 Å². The number of carboxylic acids is 1. The summed E-state index contributed by atoms with van der Waals surface area (Å²) in [6.07, 6.45) is 8.32. The summed E-state index contributed by atoms with van der Waals surface area (Å²) in [6.45, 7) is 4.24. The van der Waals surface area contributed by atoms with E-state index in [2.05, 4.69) is 11.8 Å². The molecule has 0 bridgehead atoms. The number of likely N-dealkylation sites (tertiary alicyclic amines) is 1. The highest BCUT2D eigenvalue weighted by atomic mass is 16.4. The third-order valence-corrected chi connectivity index (χ3v) is 4.46. The lowest BCUT2D eigenvalue weighted by Gasteiger charge is -2.39. The SMILES string of the molecule is CC1CCCC(C(C(=O)O)N2CCCCC2)C1. The summed E-state index contributed by atoms with van der Waals surface area (Å²) in [5.74, 6) is 0.501. The molecule has 1 aliphatic carbocycles. The van der Waals surface area contributed by atoms with Crippen molar-refractivity contribution in [1.82, 2.24) is 4.90 Å². The predicted octanol–water partition coefficient (Wildman–Crippen LogP) is 2.75. The zero-order valence-electron chi connectivity index (χ0n) is 10.9. The second-order valence-electron chi connectivity index (χ2n) is 5.91. The molecule has 0 radical (unpaired) electrons. The van der Waals surface area contributed by atoms with E-state index in [1.807, 2.05) is 0 Å². The van der Waals surface area contributed by atoms with Crippen molar-refractivity contribution in [2.45, 2.75) is 57.9 Å². The van der Waals surface area contributed by atoms with Gasteiger partial charge in [-0.1, -0.05) is 26.2 Å². The van der Waals surface area contributed by atoms with Gasteiger partial charge >= 0.3 is 5.97 Å². The molecule has 1 heterocycles. The van der Waals surface area contributed by atoms with Crippen LogP contribution in [0.15, 0.2) is 0 Å². The van der Waals surface area contributed by atoms with Crippen molar-refractivity contribution >= 4 is 5.97 Å². The molecule has 2 fully saturated rings. The maximum atomic E-state index is 11.6. The van der Waals surface area contributed by atoms with Crippen LogP contribution in [0.25, 0.3) is 0 Å². The third-order valence-electron chi connectivity index (χ3n) is 4.46. The molecule has 0 amide bonds. The zero-order chi connectivity index (χ0) is 12.3. The maximum absolute atomic E-state index is 11.6. The molecular weight excluding hydrogens is 214 g/mol. The van der Waals surface area contributed by atoms with Crippen LogP contribution >= 0.6 is 0 Å². The van der Waals surface area contributed by atoms with Crippen LogP contribution in [0.4, 0.5) is 0 Å². The van der Waals surface area contributed by atoms with Crippen LogP contribution in [0.2, 0.25) is 0 Å². The fourth-order valence-electron chi connectivity index (χ4n) is 3.62. The van der Waals surface area contributed by atoms with Crippen LogP contribution in [0.5, 0.6) is 0 Å². The van der Waals surface area contributed by atoms with Gasteiger partial charge in [-0.3, -0.25) is 9.69 Å². The molecule has 0 aromatic carbocycles. The van der Waals surface area contributed by atoms with Crippen LogP contribution < -0.4 is 0 Å². The number of hydrogen-bond donors (Lipinski definition) is 1. The van der Waals surface area contributed by atoms with E-state index in [1.54, 1.807) is 0 Å². The van der Waals surface area contributed by atoms with Gasteiger partial charge < -0.3 is 5.11 Å². The van der Waals surface area contributed by atoms with Crippen molar-refractivity contribution in [2.24, 2.45) is 11.8 Å². The fraction of sp³-hybridized carbons (Fsp3) is 0.929. The Bertz CT molecular complexity index is 261. The largest absolute Gasteiger partial charge is 0.480 e. The van der Waals surface area contributed by atoms with E-state index in [9.17, 15) is 9.90 Å². The van der Waals surface area contributed by atoms with E-state index in [0.717, 1.165) is 25.9 Å². The minimum absolute atomic E-state index is 0.210. The third kappa shape index (κ3) is 3.21. The van der Waals surface area contributed by atoms with Gasteiger partial charge in [-0.25, -0.2) is 0 Å². The van der Waals surface area contributed by atoms with Crippen molar-refractivity contribution in [3.8, 4) is 0 Å². The van der Waals surface area contributed by atoms with Crippen molar-refractivity contribution in [3.05, 3.63) is 0 Å². The molecular formula is C14H25NO2. The van der Waals surface area contributed by atoms with Gasteiger partial charge in [-0.2, -0.15) is 0 Å². The van der Waals surface area contributed by atoms with Crippen LogP contribution in [-0.2, 0) is 4.79 Å². The predicted molar refractivity (Wildman–Crippen MR) is 68.0 cm³/mol. The summed E-state index contributed by atoms with van der Waals surface area (Å²) in [6, 6.07) is -0.210. The minimum Gasteiger partial charge on any atom is -0.480 e. The fourth-order valence-corrected chi connectivity index (χ4v) is 3.62. The minimum atomic E-state index is -0.592. The Kier molecular flexibility index (Phi) is 4.43. The normalized spacial score (nSPS) is 33.2. The van der Waals surface area contributed by atoms with Crippen LogP contribution in [0.1, 0.15) is 51.9 Å². The number of rotatable bonds is 3. The van der Waals surface area contributed by atoms with Gasteiger partial charge in [0, 0.05) is 0 Å². The molecule has 2 rings (SSSR count). The lowest BCUT2D eigenvalue weighted by molar-refractivity contribution is -0.147. The summed E-state index contributed by atoms with van der Waals surface area (Å²) in [5, 5.41) is 9.52. The van der Waals surface area contributed by atoms with Crippen LogP contribution in [-0.4, -0.2) is 35.1 Å². The molecule has 98 valence electrons. The van der Waals surface area contributed by atoms with Gasteiger partial charge in [0.2, 0.25) is 0 Å². The summed E-state index contributed by atoms with van der Waals surface area (Å²) in [4.78, 5) is 13.8. The topological polar surface area (TPSA) is 40.5 Å². The van der Waals surface area contributed by atoms with E-state index in [4.69, 9.17) is 0 Å². The molecule has 2 aliphatic rings. The van der Waals surface area contributed by atoms with Crippen LogP contribution in [0.3, 0.4) is 0 Å². The van der Waals surface area contributed by atoms with E-state index in [-0.39, 0.29) is 6.04 Å². The molecule has 17 heavy (non-hydrogen) atoms. The van der Waals surface area contributed by atoms with Gasteiger partial charge in [-0.05, 0) is 50.6 Å². The molecule has 0 aromatic rings. The molecule has 1 aliphatic heterocycles. The van der Waals surface area contributed by atoms with Gasteiger partial charge in [0.15, 0.2) is 0 Å². The molecule has 3 heteroatoms. The van der Waals surface area contributed by atoms with E-state index in [0.29, 0.717) is 11.8 Å². The van der Waals surface area contributed by atoms with E-state index >= 15 is 0 Å². The molecule has 1 saturated carbocycles. The van der Waals surface area contributed by atoms with Crippen molar-refractivity contribution in [1.29, 1.82) is 0 Å². The van der Waals surface area contributed by atoms with Gasteiger partial charge in [0.25, 0.3) is 0 Å². The van der Waals surface area contributed by atoms with Gasteiger partial charge in [-0.15, -0.1) is 0 Å². The molecule has 0 aromatic heterocycles. The Morgan fingerprint density at radius 3 is 2.47 bits per heavy atom. The number of piperidine rings is 1. The average Bonchev–Trinajstić information content (AvgIpc) is 2.30. The number of hydrogen-bond acceptors (Lipinski definition) is 2. The second kappa shape index (κ2) is 5.85. The zero-order valence-corrected chi connectivity index (χ0v) is 10.9. The Morgan fingerprint density at radius 1 is 1.18 bits per heavy atom. The highest BCUT2D eigenvalue weighted by molar-refractivity contribution is 5.74. The Morgan fingerprint density at radius 2 is 1.88 bits per heavy atom. The van der Waals surface area contributed by atoms with Crippen molar-refractivity contribution < 1.29 is 9.90 Å². The number of nitrogens with zero attached hydrogens (tertiary/aromatic N) is 1. The first kappa shape index (κ1) is 12.9. The molecule has 3 nitrogen and oxygen atoms in total. The number of carbonyl (C=O) groups is 1. The molecule has 1 N–H and O–H groups in total. The Balaban J connectivity index is 2.02. The molecule has 3 atom stereocenters. The lowest BCUT2D eigenvalue weighted by Crippen LogP contribution is -2.49. The maximum Gasteiger partial charge on any atom is 0.321 e. The Labute approximate surface area is 104 Å². The number of carboxylic acid groups (broad SMARTS) is 1. The summed E-state index contributed by atoms with van der Waals surface area (Å²) in [7, 11) is 0. The first-order chi connectivity index (χ1) is 8.18. The number of aliphatic carboxylic acids is 1. The quantitative estimate of drug-likeness (QED) is 0.823. The molecule has 0 spiro atoms. The van der Waals surface area contributed by atoms with E-state index < -0.39 is 5.97 Å². The lowest BCUT2D eigenvalue weighted by atomic mass is 9.78. The summed E-state index contributed by atoms with van der Waals surface area (Å²) < 4.78 is 0. The molecule has 3 unspecified atom stereocenters. The first-order valence-electron chi connectivity index (χ1n) is 7.15. The van der Waals surface area contributed by atoms with Crippen molar-refractivity contribution in [2.75, 3.05) is 13.1 Å². The van der Waals surface area contributed by atoms with Crippen LogP contribution in [0, 0.1) is 11.8 Å².